The molecule has 1 atom stereocenters. The van der Waals surface area contributed by atoms with E-state index in [0.717, 1.165) is 11.3 Å². The Balaban J connectivity index is 1.82. The molecule has 0 bridgehead atoms. The Labute approximate surface area is 155 Å². The molecule has 1 aromatic heterocycles. The van der Waals surface area contributed by atoms with E-state index in [9.17, 15) is 14.4 Å². The normalized spacial score (nSPS) is 11.5. The van der Waals surface area contributed by atoms with Gasteiger partial charge < -0.3 is 20.5 Å². The van der Waals surface area contributed by atoms with Gasteiger partial charge in [0, 0.05) is 6.42 Å². The van der Waals surface area contributed by atoms with Crippen LogP contribution in [0.25, 0.3) is 0 Å². The van der Waals surface area contributed by atoms with E-state index in [4.69, 9.17) is 15.2 Å². The van der Waals surface area contributed by atoms with Crippen LogP contribution in [0.5, 0.6) is 5.75 Å². The molecule has 0 aliphatic carbocycles. The average molecular weight is 376 g/mol. The average Bonchev–Trinajstić information content (AvgIpc) is 3.08. The van der Waals surface area contributed by atoms with Crippen LogP contribution in [0.1, 0.15) is 29.3 Å². The highest BCUT2D eigenvalue weighted by atomic mass is 32.1. The summed E-state index contributed by atoms with van der Waals surface area (Å²) < 4.78 is 10.2. The number of nitrogens with two attached hydrogens (primary N) is 1. The topological polar surface area (TPSA) is 108 Å². The SMILES string of the molecule is COc1ccc(CCC(=O)O[C@H](C)C(=O)Nc2sccc2C(N)=O)cc1. The van der Waals surface area contributed by atoms with Gasteiger partial charge in [-0.2, -0.15) is 0 Å². The molecule has 26 heavy (non-hydrogen) atoms. The van der Waals surface area contributed by atoms with Crippen LogP contribution >= 0.6 is 11.3 Å². The summed E-state index contributed by atoms with van der Waals surface area (Å²) in [4.78, 5) is 35.3. The lowest BCUT2D eigenvalue weighted by atomic mass is 10.1. The van der Waals surface area contributed by atoms with Crippen molar-refractivity contribution in [3.05, 3.63) is 46.8 Å². The van der Waals surface area contributed by atoms with Gasteiger partial charge in [-0.3, -0.25) is 14.4 Å². The van der Waals surface area contributed by atoms with Crippen molar-refractivity contribution >= 4 is 34.1 Å². The van der Waals surface area contributed by atoms with E-state index in [2.05, 4.69) is 5.32 Å². The Kier molecular flexibility index (Phi) is 6.74. The molecular formula is C18H20N2O5S. The predicted octanol–water partition coefficient (Wildman–Crippen LogP) is 2.36. The number of anilines is 1. The van der Waals surface area contributed by atoms with Crippen LogP contribution in [0.3, 0.4) is 0 Å². The van der Waals surface area contributed by atoms with Gasteiger partial charge in [0.15, 0.2) is 6.10 Å². The van der Waals surface area contributed by atoms with Gasteiger partial charge in [0.05, 0.1) is 12.7 Å². The van der Waals surface area contributed by atoms with Crippen molar-refractivity contribution < 1.29 is 23.9 Å². The maximum Gasteiger partial charge on any atom is 0.306 e. The molecular weight excluding hydrogens is 356 g/mol. The van der Waals surface area contributed by atoms with E-state index < -0.39 is 23.9 Å². The zero-order chi connectivity index (χ0) is 19.1. The summed E-state index contributed by atoms with van der Waals surface area (Å²) in [5.74, 6) is -0.895. The van der Waals surface area contributed by atoms with Gasteiger partial charge in [0.2, 0.25) is 0 Å². The fourth-order valence-electron chi connectivity index (χ4n) is 2.16. The molecule has 0 saturated carbocycles. The van der Waals surface area contributed by atoms with Gasteiger partial charge in [-0.15, -0.1) is 11.3 Å². The second kappa shape index (κ2) is 9.00. The van der Waals surface area contributed by atoms with Crippen LogP contribution in [-0.4, -0.2) is 31.0 Å². The summed E-state index contributed by atoms with van der Waals surface area (Å²) >= 11 is 1.17. The molecule has 0 fully saturated rings. The number of esters is 1. The maximum absolute atomic E-state index is 12.1. The van der Waals surface area contributed by atoms with Gasteiger partial charge in [-0.1, -0.05) is 12.1 Å². The summed E-state index contributed by atoms with van der Waals surface area (Å²) in [7, 11) is 1.58. The van der Waals surface area contributed by atoms with E-state index in [1.165, 1.54) is 24.3 Å². The van der Waals surface area contributed by atoms with Gasteiger partial charge in [0.1, 0.15) is 10.8 Å². The van der Waals surface area contributed by atoms with Crippen molar-refractivity contribution in [3.63, 3.8) is 0 Å². The standard InChI is InChI=1S/C18H20N2O5S/c1-11(17(23)20-18-14(16(19)22)9-10-26-18)25-15(21)8-5-12-3-6-13(24-2)7-4-12/h3-4,6-7,9-11H,5,8H2,1-2H3,(H2,19,22)(H,20,23)/t11-/m1/s1. The maximum atomic E-state index is 12.1. The number of hydrogen-bond donors (Lipinski definition) is 2. The number of aryl methyl sites for hydroxylation is 1. The van der Waals surface area contributed by atoms with Crippen molar-refractivity contribution in [3.8, 4) is 5.75 Å². The van der Waals surface area contributed by atoms with E-state index in [0.29, 0.717) is 11.4 Å². The fourth-order valence-corrected chi connectivity index (χ4v) is 2.96. The molecule has 7 nitrogen and oxygen atoms in total. The minimum Gasteiger partial charge on any atom is -0.497 e. The Bertz CT molecular complexity index is 785. The molecule has 0 saturated heterocycles. The van der Waals surface area contributed by atoms with E-state index in [1.807, 2.05) is 24.3 Å². The minimum atomic E-state index is -0.985. The molecule has 3 N–H and O–H groups in total. The molecule has 0 radical (unpaired) electrons. The number of benzene rings is 1. The van der Waals surface area contributed by atoms with Crippen molar-refractivity contribution in [1.82, 2.24) is 0 Å². The van der Waals surface area contributed by atoms with Crippen LogP contribution in [0.4, 0.5) is 5.00 Å². The molecule has 2 aromatic rings. The molecule has 2 amide bonds. The number of methoxy groups -OCH3 is 1. The summed E-state index contributed by atoms with van der Waals surface area (Å²) in [6, 6.07) is 8.88. The molecule has 138 valence electrons. The van der Waals surface area contributed by atoms with Crippen LogP contribution < -0.4 is 15.8 Å². The number of amides is 2. The molecule has 0 spiro atoms. The van der Waals surface area contributed by atoms with Crippen molar-refractivity contribution in [1.29, 1.82) is 0 Å². The summed E-state index contributed by atoms with van der Waals surface area (Å²) in [5, 5.41) is 4.53. The summed E-state index contributed by atoms with van der Waals surface area (Å²) in [5.41, 5.74) is 6.41. The zero-order valence-corrected chi connectivity index (χ0v) is 15.3. The molecule has 1 aromatic carbocycles. The number of carbonyl (C=O) groups is 3. The first kappa shape index (κ1) is 19.5. The second-order valence-corrected chi connectivity index (χ2v) is 6.41. The van der Waals surface area contributed by atoms with Gasteiger partial charge in [-0.25, -0.2) is 0 Å². The quantitative estimate of drug-likeness (QED) is 0.688. The largest absolute Gasteiger partial charge is 0.497 e. The second-order valence-electron chi connectivity index (χ2n) is 5.50. The highest BCUT2D eigenvalue weighted by Gasteiger charge is 2.20. The first-order valence-electron chi connectivity index (χ1n) is 7.91. The molecule has 2 rings (SSSR count). The number of primary amides is 1. The van der Waals surface area contributed by atoms with Crippen LogP contribution in [0.15, 0.2) is 35.7 Å². The van der Waals surface area contributed by atoms with Gasteiger partial charge in [0.25, 0.3) is 11.8 Å². The molecule has 1 heterocycles. The number of nitrogens with one attached hydrogen (secondary N) is 1. The third-order valence-corrected chi connectivity index (χ3v) is 4.45. The molecule has 0 unspecified atom stereocenters. The highest BCUT2D eigenvalue weighted by molar-refractivity contribution is 7.14. The Morgan fingerprint density at radius 1 is 1.19 bits per heavy atom. The van der Waals surface area contributed by atoms with Crippen molar-refractivity contribution in [2.75, 3.05) is 12.4 Å². The molecule has 0 aliphatic heterocycles. The van der Waals surface area contributed by atoms with Gasteiger partial charge >= 0.3 is 5.97 Å². The lowest BCUT2D eigenvalue weighted by Gasteiger charge is -2.13. The number of rotatable bonds is 8. The van der Waals surface area contributed by atoms with Gasteiger partial charge in [-0.05, 0) is 42.5 Å². The highest BCUT2D eigenvalue weighted by Crippen LogP contribution is 2.23. The number of hydrogen-bond acceptors (Lipinski definition) is 6. The summed E-state index contributed by atoms with van der Waals surface area (Å²) in [6.45, 7) is 1.47. The summed E-state index contributed by atoms with van der Waals surface area (Å²) in [6.07, 6.45) is -0.343. The molecule has 0 aliphatic rings. The lowest BCUT2D eigenvalue weighted by molar-refractivity contribution is -0.153. The van der Waals surface area contributed by atoms with E-state index in [1.54, 1.807) is 12.5 Å². The lowest BCUT2D eigenvalue weighted by Crippen LogP contribution is -2.30. The first-order chi connectivity index (χ1) is 12.4. The number of carbonyl (C=O) groups excluding carboxylic acids is 3. The predicted molar refractivity (Wildman–Crippen MR) is 98.3 cm³/mol. The van der Waals surface area contributed by atoms with E-state index >= 15 is 0 Å². The Morgan fingerprint density at radius 2 is 1.88 bits per heavy atom. The third kappa shape index (κ3) is 5.32. The number of ether oxygens (including phenoxy) is 2. The van der Waals surface area contributed by atoms with E-state index in [-0.39, 0.29) is 12.0 Å². The van der Waals surface area contributed by atoms with Crippen LogP contribution in [0.2, 0.25) is 0 Å². The smallest absolute Gasteiger partial charge is 0.306 e. The Hall–Kier alpha value is -2.87. The van der Waals surface area contributed by atoms with Crippen LogP contribution in [0, 0.1) is 0 Å². The fraction of sp³-hybridized carbons (Fsp3) is 0.278. The van der Waals surface area contributed by atoms with Crippen molar-refractivity contribution in [2.45, 2.75) is 25.9 Å². The Morgan fingerprint density at radius 3 is 2.50 bits per heavy atom. The van der Waals surface area contributed by atoms with Crippen LogP contribution in [-0.2, 0) is 20.7 Å². The zero-order valence-electron chi connectivity index (χ0n) is 14.5. The minimum absolute atomic E-state index is 0.148. The number of thiophene rings is 1. The van der Waals surface area contributed by atoms with Crippen molar-refractivity contribution in [2.24, 2.45) is 5.73 Å². The third-order valence-electron chi connectivity index (χ3n) is 3.62. The first-order valence-corrected chi connectivity index (χ1v) is 8.79. The molecule has 8 heteroatoms. The monoisotopic (exact) mass is 376 g/mol.